The summed E-state index contributed by atoms with van der Waals surface area (Å²) in [5.41, 5.74) is 1.39. The molecule has 0 fully saturated rings. The zero-order valence-corrected chi connectivity index (χ0v) is 13.4. The average molecular weight is 347 g/mol. The van der Waals surface area contributed by atoms with Crippen molar-refractivity contribution in [2.45, 2.75) is 6.54 Å². The third kappa shape index (κ3) is 4.99. The highest BCUT2D eigenvalue weighted by atomic mass is 35.5. The quantitative estimate of drug-likeness (QED) is 0.641. The fourth-order valence-corrected chi connectivity index (χ4v) is 1.99. The van der Waals surface area contributed by atoms with E-state index in [0.717, 1.165) is 5.56 Å². The van der Waals surface area contributed by atoms with Gasteiger partial charge in [0.15, 0.2) is 0 Å². The molecule has 23 heavy (non-hydrogen) atoms. The first-order chi connectivity index (χ1) is 11.1. The molecular formula is C16H12Cl2N4O. The van der Waals surface area contributed by atoms with Crippen LogP contribution in [-0.4, -0.2) is 10.9 Å². The van der Waals surface area contributed by atoms with Gasteiger partial charge in [-0.05, 0) is 35.9 Å². The van der Waals surface area contributed by atoms with Gasteiger partial charge in [-0.25, -0.2) is 0 Å². The number of halogens is 2. The number of carbonyl (C=O) groups is 1. The SMILES string of the molecule is N#C/C(=C/NCc1ccncc1)C(=O)Nc1ccc(Cl)c(Cl)c1. The van der Waals surface area contributed by atoms with Gasteiger partial charge >= 0.3 is 0 Å². The van der Waals surface area contributed by atoms with Crippen LogP contribution in [0.1, 0.15) is 5.56 Å². The van der Waals surface area contributed by atoms with Gasteiger partial charge in [-0.1, -0.05) is 23.2 Å². The summed E-state index contributed by atoms with van der Waals surface area (Å²) in [4.78, 5) is 16.0. The first-order valence-corrected chi connectivity index (χ1v) is 7.34. The number of hydrogen-bond acceptors (Lipinski definition) is 4. The van der Waals surface area contributed by atoms with Crippen LogP contribution in [0.15, 0.2) is 54.5 Å². The molecular weight excluding hydrogens is 335 g/mol. The van der Waals surface area contributed by atoms with Crippen molar-refractivity contribution in [3.63, 3.8) is 0 Å². The van der Waals surface area contributed by atoms with Crippen molar-refractivity contribution >= 4 is 34.8 Å². The molecule has 0 aliphatic heterocycles. The Bertz CT molecular complexity index is 769. The molecule has 0 radical (unpaired) electrons. The van der Waals surface area contributed by atoms with E-state index in [9.17, 15) is 4.79 Å². The molecule has 1 aromatic carbocycles. The Morgan fingerprint density at radius 2 is 1.96 bits per heavy atom. The molecule has 1 amide bonds. The van der Waals surface area contributed by atoms with Gasteiger partial charge < -0.3 is 10.6 Å². The number of hydrogen-bond donors (Lipinski definition) is 2. The minimum atomic E-state index is -0.534. The predicted octanol–water partition coefficient (Wildman–Crippen LogP) is 3.52. The van der Waals surface area contributed by atoms with Crippen molar-refractivity contribution in [2.75, 3.05) is 5.32 Å². The molecule has 5 nitrogen and oxygen atoms in total. The third-order valence-corrected chi connectivity index (χ3v) is 3.58. The second-order valence-corrected chi connectivity index (χ2v) is 5.30. The summed E-state index contributed by atoms with van der Waals surface area (Å²) in [6, 6.07) is 10.2. The Balaban J connectivity index is 1.99. The number of nitrogens with zero attached hydrogens (tertiary/aromatic N) is 2. The van der Waals surface area contributed by atoms with Gasteiger partial charge in [-0.3, -0.25) is 9.78 Å². The van der Waals surface area contributed by atoms with Crippen molar-refractivity contribution in [1.29, 1.82) is 5.26 Å². The van der Waals surface area contributed by atoms with E-state index in [2.05, 4.69) is 15.6 Å². The zero-order chi connectivity index (χ0) is 16.7. The topological polar surface area (TPSA) is 77.8 Å². The first kappa shape index (κ1) is 16.8. The summed E-state index contributed by atoms with van der Waals surface area (Å²) in [5, 5.41) is 15.3. The summed E-state index contributed by atoms with van der Waals surface area (Å²) in [6.07, 6.45) is 4.71. The van der Waals surface area contributed by atoms with Crippen molar-refractivity contribution in [3.8, 4) is 6.07 Å². The van der Waals surface area contributed by atoms with Crippen molar-refractivity contribution in [1.82, 2.24) is 10.3 Å². The lowest BCUT2D eigenvalue weighted by Crippen LogP contribution is -2.16. The number of anilines is 1. The lowest BCUT2D eigenvalue weighted by molar-refractivity contribution is -0.112. The number of pyridine rings is 1. The van der Waals surface area contributed by atoms with E-state index in [4.69, 9.17) is 28.5 Å². The van der Waals surface area contributed by atoms with Gasteiger partial charge in [0.25, 0.3) is 5.91 Å². The Labute approximate surface area is 143 Å². The van der Waals surface area contributed by atoms with Crippen LogP contribution in [0.3, 0.4) is 0 Å². The molecule has 1 aromatic heterocycles. The van der Waals surface area contributed by atoms with Crippen molar-refractivity contribution < 1.29 is 4.79 Å². The lowest BCUT2D eigenvalue weighted by atomic mass is 10.2. The van der Waals surface area contributed by atoms with Crippen LogP contribution in [0, 0.1) is 11.3 Å². The highest BCUT2D eigenvalue weighted by Crippen LogP contribution is 2.25. The van der Waals surface area contributed by atoms with Gasteiger partial charge in [-0.2, -0.15) is 5.26 Å². The fraction of sp³-hybridized carbons (Fsp3) is 0.0625. The number of rotatable bonds is 5. The summed E-state index contributed by atoms with van der Waals surface area (Å²) in [6.45, 7) is 0.480. The van der Waals surface area contributed by atoms with E-state index in [1.54, 1.807) is 24.5 Å². The van der Waals surface area contributed by atoms with Gasteiger partial charge in [0.2, 0.25) is 0 Å². The molecule has 0 spiro atoms. The molecule has 0 bridgehead atoms. The number of nitrogens with one attached hydrogen (secondary N) is 2. The van der Waals surface area contributed by atoms with Crippen LogP contribution in [0.2, 0.25) is 10.0 Å². The number of amides is 1. The zero-order valence-electron chi connectivity index (χ0n) is 11.9. The molecule has 0 unspecified atom stereocenters. The lowest BCUT2D eigenvalue weighted by Gasteiger charge is -2.06. The number of aromatic nitrogens is 1. The number of carbonyl (C=O) groups excluding carboxylic acids is 1. The standard InChI is InChI=1S/C16H12Cl2N4O/c17-14-2-1-13(7-15(14)18)22-16(23)12(8-19)10-21-9-11-3-5-20-6-4-11/h1-7,10,21H,9H2,(H,22,23)/b12-10-. The van der Waals surface area contributed by atoms with Gasteiger partial charge in [0, 0.05) is 30.8 Å². The number of nitriles is 1. The van der Waals surface area contributed by atoms with E-state index in [0.29, 0.717) is 22.3 Å². The molecule has 0 atom stereocenters. The molecule has 0 aliphatic carbocycles. The predicted molar refractivity (Wildman–Crippen MR) is 89.9 cm³/mol. The summed E-state index contributed by atoms with van der Waals surface area (Å²) in [7, 11) is 0. The first-order valence-electron chi connectivity index (χ1n) is 6.59. The molecule has 0 saturated carbocycles. The van der Waals surface area contributed by atoms with Crippen molar-refractivity contribution in [3.05, 3.63) is 70.1 Å². The largest absolute Gasteiger partial charge is 0.386 e. The summed E-state index contributed by atoms with van der Waals surface area (Å²) in [5.74, 6) is -0.534. The average Bonchev–Trinajstić information content (AvgIpc) is 2.56. The van der Waals surface area contributed by atoms with E-state index in [1.807, 2.05) is 18.2 Å². The molecule has 1 heterocycles. The molecule has 2 aromatic rings. The Kier molecular flexibility index (Phi) is 5.98. The summed E-state index contributed by atoms with van der Waals surface area (Å²) < 4.78 is 0. The van der Waals surface area contributed by atoms with E-state index < -0.39 is 5.91 Å². The van der Waals surface area contributed by atoms with Crippen LogP contribution in [0.5, 0.6) is 0 Å². The van der Waals surface area contributed by atoms with Crippen LogP contribution in [-0.2, 0) is 11.3 Å². The second kappa shape index (κ2) is 8.18. The minimum Gasteiger partial charge on any atom is -0.386 e. The maximum Gasteiger partial charge on any atom is 0.267 e. The monoisotopic (exact) mass is 346 g/mol. The fourth-order valence-electron chi connectivity index (χ4n) is 1.69. The summed E-state index contributed by atoms with van der Waals surface area (Å²) >= 11 is 11.7. The number of benzene rings is 1. The van der Waals surface area contributed by atoms with E-state index in [-0.39, 0.29) is 5.57 Å². The van der Waals surface area contributed by atoms with Gasteiger partial charge in [-0.15, -0.1) is 0 Å². The van der Waals surface area contributed by atoms with E-state index >= 15 is 0 Å². The third-order valence-electron chi connectivity index (χ3n) is 2.84. The van der Waals surface area contributed by atoms with Crippen LogP contribution >= 0.6 is 23.2 Å². The van der Waals surface area contributed by atoms with Crippen LogP contribution < -0.4 is 10.6 Å². The maximum atomic E-state index is 12.1. The Hall–Kier alpha value is -2.55. The Morgan fingerprint density at radius 1 is 1.22 bits per heavy atom. The van der Waals surface area contributed by atoms with Crippen LogP contribution in [0.4, 0.5) is 5.69 Å². The molecule has 0 aliphatic rings. The second-order valence-electron chi connectivity index (χ2n) is 4.49. The molecule has 116 valence electrons. The maximum absolute atomic E-state index is 12.1. The molecule has 7 heteroatoms. The van der Waals surface area contributed by atoms with Gasteiger partial charge in [0.05, 0.1) is 10.0 Å². The normalized spacial score (nSPS) is 10.7. The van der Waals surface area contributed by atoms with E-state index in [1.165, 1.54) is 12.3 Å². The molecule has 2 rings (SSSR count). The highest BCUT2D eigenvalue weighted by molar-refractivity contribution is 6.42. The minimum absolute atomic E-state index is 0.0508. The van der Waals surface area contributed by atoms with Crippen LogP contribution in [0.25, 0.3) is 0 Å². The smallest absolute Gasteiger partial charge is 0.267 e. The molecule has 2 N–H and O–H groups in total. The van der Waals surface area contributed by atoms with Gasteiger partial charge in [0.1, 0.15) is 11.6 Å². The molecule has 0 saturated heterocycles. The Morgan fingerprint density at radius 3 is 2.61 bits per heavy atom. The highest BCUT2D eigenvalue weighted by Gasteiger charge is 2.10. The van der Waals surface area contributed by atoms with Crippen molar-refractivity contribution in [2.24, 2.45) is 0 Å².